The molecule has 1 amide bonds. The summed E-state index contributed by atoms with van der Waals surface area (Å²) in [7, 11) is 0. The third-order valence-corrected chi connectivity index (χ3v) is 9.17. The standard InChI is InChI=1S/C33H33N3O5S/c1-4-40-33(39)29-23-14-13-20-9-5-6-10-21(20)30(23)42-31(29)35-27(37)18-41-32(38)28-22-11-7-8-12-25(22)34-26-15-16-36(19(2)3)17-24(26)28/h5-12,19H,4,13-18H2,1-3H3,(H,35,37). The summed E-state index contributed by atoms with van der Waals surface area (Å²) in [6, 6.07) is 15.9. The molecule has 2 aromatic heterocycles. The number of nitrogens with zero attached hydrogens (tertiary/aromatic N) is 2. The topological polar surface area (TPSA) is 97.8 Å². The summed E-state index contributed by atoms with van der Waals surface area (Å²) in [4.78, 5) is 47.9. The van der Waals surface area contributed by atoms with E-state index in [2.05, 4.69) is 30.1 Å². The summed E-state index contributed by atoms with van der Waals surface area (Å²) in [5.41, 5.74) is 6.48. The zero-order chi connectivity index (χ0) is 29.4. The van der Waals surface area contributed by atoms with Crippen LogP contribution in [0.1, 0.15) is 63.9 Å². The van der Waals surface area contributed by atoms with Crippen molar-refractivity contribution in [1.82, 2.24) is 9.88 Å². The van der Waals surface area contributed by atoms with Gasteiger partial charge in [-0.05, 0) is 56.4 Å². The minimum absolute atomic E-state index is 0.226. The molecule has 8 nitrogen and oxygen atoms in total. The van der Waals surface area contributed by atoms with Crippen LogP contribution in [0.25, 0.3) is 21.3 Å². The number of amides is 1. The van der Waals surface area contributed by atoms with Crippen molar-refractivity contribution < 1.29 is 23.9 Å². The van der Waals surface area contributed by atoms with Crippen LogP contribution < -0.4 is 5.32 Å². The molecular weight excluding hydrogens is 550 g/mol. The number of ether oxygens (including phenoxy) is 2. The van der Waals surface area contributed by atoms with Gasteiger partial charge in [-0.1, -0.05) is 42.5 Å². The van der Waals surface area contributed by atoms with Gasteiger partial charge in [-0.15, -0.1) is 11.3 Å². The maximum absolute atomic E-state index is 13.6. The lowest BCUT2D eigenvalue weighted by molar-refractivity contribution is -0.119. The predicted molar refractivity (Wildman–Crippen MR) is 163 cm³/mol. The van der Waals surface area contributed by atoms with Crippen LogP contribution in [0.4, 0.5) is 5.00 Å². The van der Waals surface area contributed by atoms with E-state index in [0.717, 1.165) is 52.2 Å². The average molecular weight is 584 g/mol. The van der Waals surface area contributed by atoms with Crippen molar-refractivity contribution in [2.24, 2.45) is 0 Å². The van der Waals surface area contributed by atoms with Gasteiger partial charge in [-0.25, -0.2) is 9.59 Å². The Morgan fingerprint density at radius 3 is 2.52 bits per heavy atom. The molecule has 0 radical (unpaired) electrons. The Labute approximate surface area is 248 Å². The zero-order valence-corrected chi connectivity index (χ0v) is 24.8. The van der Waals surface area contributed by atoms with Crippen molar-refractivity contribution in [3.63, 3.8) is 0 Å². The summed E-state index contributed by atoms with van der Waals surface area (Å²) < 4.78 is 11.0. The Morgan fingerprint density at radius 1 is 0.952 bits per heavy atom. The Bertz CT molecular complexity index is 1710. The highest BCUT2D eigenvalue weighted by atomic mass is 32.1. The van der Waals surface area contributed by atoms with Crippen LogP contribution in [0.5, 0.6) is 0 Å². The minimum Gasteiger partial charge on any atom is -0.462 e. The first kappa shape index (κ1) is 28.1. The third kappa shape index (κ3) is 5.18. The van der Waals surface area contributed by atoms with Crippen LogP contribution in [0.15, 0.2) is 48.5 Å². The fraction of sp³-hybridized carbons (Fsp3) is 0.333. The van der Waals surface area contributed by atoms with Gasteiger partial charge in [0, 0.05) is 47.1 Å². The SMILES string of the molecule is CCOC(=O)c1c(NC(=O)COC(=O)c2c3c(nc4ccccc24)CCN(C(C)C)C3)sc2c1CCc1ccccc1-2. The normalized spacial score (nSPS) is 14.2. The molecule has 2 aliphatic rings. The molecule has 0 bridgehead atoms. The molecular formula is C33H33N3O5S. The number of para-hydroxylation sites is 1. The Kier molecular flexibility index (Phi) is 7.79. The van der Waals surface area contributed by atoms with Gasteiger partial charge in [0.05, 0.1) is 23.3 Å². The van der Waals surface area contributed by atoms with Crippen molar-refractivity contribution in [3.8, 4) is 10.4 Å². The molecule has 1 N–H and O–H groups in total. The number of pyridine rings is 1. The summed E-state index contributed by atoms with van der Waals surface area (Å²) in [5, 5.41) is 3.97. The minimum atomic E-state index is -0.560. The van der Waals surface area contributed by atoms with Crippen LogP contribution in [-0.2, 0) is 40.1 Å². The number of hydrogen-bond acceptors (Lipinski definition) is 8. The smallest absolute Gasteiger partial charge is 0.341 e. The molecule has 0 fully saturated rings. The van der Waals surface area contributed by atoms with Crippen LogP contribution in [0.2, 0.25) is 0 Å². The lowest BCUT2D eigenvalue weighted by atomic mass is 9.89. The Morgan fingerprint density at radius 2 is 1.71 bits per heavy atom. The number of nitrogens with one attached hydrogen (secondary N) is 1. The molecule has 6 rings (SSSR count). The van der Waals surface area contributed by atoms with E-state index in [9.17, 15) is 14.4 Å². The Hall–Kier alpha value is -4.08. The maximum Gasteiger partial charge on any atom is 0.341 e. The van der Waals surface area contributed by atoms with E-state index in [4.69, 9.17) is 14.5 Å². The first-order valence-corrected chi connectivity index (χ1v) is 15.2. The van der Waals surface area contributed by atoms with E-state index >= 15 is 0 Å². The molecule has 0 spiro atoms. The lowest BCUT2D eigenvalue weighted by Gasteiger charge is -2.32. The number of benzene rings is 2. The molecule has 2 aromatic carbocycles. The van der Waals surface area contributed by atoms with Crippen molar-refractivity contribution in [2.45, 2.75) is 52.6 Å². The van der Waals surface area contributed by atoms with Crippen LogP contribution in [0, 0.1) is 0 Å². The van der Waals surface area contributed by atoms with E-state index in [0.29, 0.717) is 40.5 Å². The monoisotopic (exact) mass is 583 g/mol. The highest BCUT2D eigenvalue weighted by Gasteiger charge is 2.31. The lowest BCUT2D eigenvalue weighted by Crippen LogP contribution is -2.37. The molecule has 0 saturated carbocycles. The number of aryl methyl sites for hydroxylation is 1. The number of aromatic nitrogens is 1. The number of fused-ring (bicyclic) bond motifs is 5. The second-order valence-electron chi connectivity index (χ2n) is 10.9. The summed E-state index contributed by atoms with van der Waals surface area (Å²) in [6.45, 7) is 7.22. The van der Waals surface area contributed by atoms with Gasteiger partial charge in [0.25, 0.3) is 5.91 Å². The van der Waals surface area contributed by atoms with Crippen LogP contribution in [0.3, 0.4) is 0 Å². The van der Waals surface area contributed by atoms with Gasteiger partial charge in [-0.2, -0.15) is 0 Å². The number of carbonyl (C=O) groups is 3. The largest absolute Gasteiger partial charge is 0.462 e. The molecule has 4 aromatic rings. The molecule has 0 unspecified atom stereocenters. The fourth-order valence-corrected chi connectivity index (χ4v) is 7.21. The van der Waals surface area contributed by atoms with E-state index in [-0.39, 0.29) is 6.61 Å². The summed E-state index contributed by atoms with van der Waals surface area (Å²) in [6.07, 6.45) is 2.22. The quantitative estimate of drug-likeness (QED) is 0.275. The van der Waals surface area contributed by atoms with Gasteiger partial charge in [0.1, 0.15) is 5.00 Å². The zero-order valence-electron chi connectivity index (χ0n) is 24.0. The second kappa shape index (κ2) is 11.7. The highest BCUT2D eigenvalue weighted by molar-refractivity contribution is 7.20. The molecule has 1 aliphatic heterocycles. The number of anilines is 1. The van der Waals surface area contributed by atoms with E-state index in [1.165, 1.54) is 16.9 Å². The molecule has 216 valence electrons. The molecule has 9 heteroatoms. The van der Waals surface area contributed by atoms with Gasteiger partial charge in [0.2, 0.25) is 0 Å². The third-order valence-electron chi connectivity index (χ3n) is 7.99. The molecule has 3 heterocycles. The van der Waals surface area contributed by atoms with Crippen LogP contribution in [-0.4, -0.2) is 53.5 Å². The second-order valence-corrected chi connectivity index (χ2v) is 11.9. The van der Waals surface area contributed by atoms with Crippen LogP contribution >= 0.6 is 11.3 Å². The molecule has 0 atom stereocenters. The number of hydrogen-bond donors (Lipinski definition) is 1. The Balaban J connectivity index is 1.26. The fourth-order valence-electron chi connectivity index (χ4n) is 5.90. The summed E-state index contributed by atoms with van der Waals surface area (Å²) >= 11 is 1.35. The van der Waals surface area contributed by atoms with E-state index < -0.39 is 24.5 Å². The van der Waals surface area contributed by atoms with Crippen molar-refractivity contribution in [2.75, 3.05) is 25.1 Å². The van der Waals surface area contributed by atoms with Crippen molar-refractivity contribution >= 4 is 45.1 Å². The first-order valence-electron chi connectivity index (χ1n) is 14.4. The van der Waals surface area contributed by atoms with Gasteiger partial charge >= 0.3 is 11.9 Å². The van der Waals surface area contributed by atoms with Gasteiger partial charge < -0.3 is 14.8 Å². The predicted octanol–water partition coefficient (Wildman–Crippen LogP) is 5.80. The van der Waals surface area contributed by atoms with Crippen molar-refractivity contribution in [3.05, 3.63) is 82.0 Å². The molecule has 0 saturated heterocycles. The molecule has 1 aliphatic carbocycles. The molecule has 42 heavy (non-hydrogen) atoms. The van der Waals surface area contributed by atoms with E-state index in [1.54, 1.807) is 6.92 Å². The maximum atomic E-state index is 13.6. The van der Waals surface area contributed by atoms with Crippen molar-refractivity contribution in [1.29, 1.82) is 0 Å². The van der Waals surface area contributed by atoms with E-state index in [1.807, 2.05) is 42.5 Å². The van der Waals surface area contributed by atoms with Gasteiger partial charge in [0.15, 0.2) is 6.61 Å². The number of esters is 2. The highest BCUT2D eigenvalue weighted by Crippen LogP contribution is 2.45. The number of rotatable bonds is 7. The van der Waals surface area contributed by atoms with Gasteiger partial charge in [-0.3, -0.25) is 14.7 Å². The number of thiophene rings is 1. The summed E-state index contributed by atoms with van der Waals surface area (Å²) in [5.74, 6) is -1.54. The number of carbonyl (C=O) groups excluding carboxylic acids is 3. The average Bonchev–Trinajstić information content (AvgIpc) is 3.36. The first-order chi connectivity index (χ1) is 20.4.